The van der Waals surface area contributed by atoms with Gasteiger partial charge in [0.25, 0.3) is 5.91 Å². The summed E-state index contributed by atoms with van der Waals surface area (Å²) in [4.78, 5) is 79.9. The maximum Gasteiger partial charge on any atom is 0.324 e. The predicted octanol–water partition coefficient (Wildman–Crippen LogP) is 5.34. The van der Waals surface area contributed by atoms with Crippen molar-refractivity contribution in [1.29, 1.82) is 0 Å². The molecule has 5 atom stereocenters. The van der Waals surface area contributed by atoms with E-state index in [2.05, 4.69) is 54.3 Å². The molecule has 2 aromatic heterocycles. The smallest absolute Gasteiger partial charge is 0.324 e. The Balaban J connectivity index is 1.29. The summed E-state index contributed by atoms with van der Waals surface area (Å²) >= 11 is 0. The molecule has 0 spiro atoms. The SMILES string of the molecule is CCn1c(-c2cccnc2[C@H](C)OC)c2c3cc(ccc31)-c1cc(O)cc(c1)C[C@H](NC(=O)[C@H](C(C)C)N(C)C(=O)[C@H]1CCN(C(=O)CN(C)C)C1)C(=O)N1CCC[C@H](N1)C(=O)OCC(C)(C)C2. The molecule has 3 N–H and O–H groups in total. The normalized spacial score (nSPS) is 20.9. The highest BCUT2D eigenvalue weighted by Gasteiger charge is 2.40. The van der Waals surface area contributed by atoms with E-state index in [0.29, 0.717) is 44.3 Å². The van der Waals surface area contributed by atoms with E-state index in [4.69, 9.17) is 14.5 Å². The van der Waals surface area contributed by atoms with Gasteiger partial charge in [0.2, 0.25) is 17.7 Å². The molecule has 16 nitrogen and oxygen atoms in total. The standard InChI is InChI=1S/C52H70N8O8/c1-11-59-43-17-16-34-26-39(43)40(47(59)38-14-12-19-53-45(38)32(4)67-10)27-52(5,6)30-68-51(66)41-15-13-20-60(55-41)50(65)42(24-33-22-36(34)25-37(61)23-33)54-48(63)46(31(2)3)57(9)49(64)35-18-21-58(28-35)44(62)29-56(7)8/h12,14,16-17,19,22-23,25-26,31-32,35,41-42,46,55,61H,11,13,15,18,20-21,24,27-30H2,1-10H3,(H,54,63)/t32-,35-,41-,42-,46-/m0/s1. The van der Waals surface area contributed by atoms with Crippen molar-refractivity contribution in [3.63, 3.8) is 0 Å². The number of aromatic hydroxyl groups is 1. The number of carbonyl (C=O) groups is 5. The number of likely N-dealkylation sites (tertiary alicyclic amines) is 1. The Hall–Kier alpha value is -5.84. The lowest BCUT2D eigenvalue weighted by Crippen LogP contribution is -2.62. The van der Waals surface area contributed by atoms with Crippen molar-refractivity contribution in [3.8, 4) is 28.1 Å². The molecule has 2 fully saturated rings. The van der Waals surface area contributed by atoms with Crippen LogP contribution in [0.3, 0.4) is 0 Å². The minimum atomic E-state index is -1.16. The number of pyridine rings is 1. The minimum absolute atomic E-state index is 0.00712. The number of esters is 1. The number of carbonyl (C=O) groups excluding carboxylic acids is 5. The molecular weight excluding hydrogens is 865 g/mol. The van der Waals surface area contributed by atoms with Gasteiger partial charge in [-0.25, -0.2) is 5.43 Å². The summed E-state index contributed by atoms with van der Waals surface area (Å²) in [6.45, 7) is 14.0. The Bertz CT molecular complexity index is 2540. The van der Waals surface area contributed by atoms with Crippen LogP contribution in [0.1, 0.15) is 83.7 Å². The topological polar surface area (TPSA) is 179 Å². The second-order valence-corrected chi connectivity index (χ2v) is 20.2. The number of nitrogens with zero attached hydrogens (tertiary/aromatic N) is 6. The number of likely N-dealkylation sites (N-methyl/N-ethyl adjacent to an activating group) is 2. The van der Waals surface area contributed by atoms with E-state index in [-0.39, 0.29) is 62.2 Å². The summed E-state index contributed by atoms with van der Waals surface area (Å²) in [5.74, 6) is -2.60. The van der Waals surface area contributed by atoms with E-state index in [1.54, 1.807) is 42.3 Å². The van der Waals surface area contributed by atoms with Gasteiger partial charge in [-0.3, -0.25) is 34.0 Å². The van der Waals surface area contributed by atoms with Crippen LogP contribution in [0.2, 0.25) is 0 Å². The average molecular weight is 935 g/mol. The van der Waals surface area contributed by atoms with Crippen LogP contribution in [-0.4, -0.2) is 143 Å². The zero-order chi connectivity index (χ0) is 49.2. The molecule has 4 aromatic rings. The number of aromatic nitrogens is 2. The van der Waals surface area contributed by atoms with Gasteiger partial charge in [-0.1, -0.05) is 39.8 Å². The Morgan fingerprint density at radius 2 is 1.79 bits per heavy atom. The lowest BCUT2D eigenvalue weighted by atomic mass is 9.84. The van der Waals surface area contributed by atoms with Crippen LogP contribution < -0.4 is 10.7 Å². The Morgan fingerprint density at radius 3 is 2.50 bits per heavy atom. The lowest BCUT2D eigenvalue weighted by molar-refractivity contribution is -0.155. The highest BCUT2D eigenvalue weighted by atomic mass is 16.5. The summed E-state index contributed by atoms with van der Waals surface area (Å²) in [5.41, 5.74) is 9.56. The van der Waals surface area contributed by atoms with Gasteiger partial charge in [-0.15, -0.1) is 0 Å². The first-order chi connectivity index (χ1) is 32.3. The molecule has 366 valence electrons. The van der Waals surface area contributed by atoms with E-state index < -0.39 is 47.2 Å². The van der Waals surface area contributed by atoms with E-state index in [1.165, 1.54) is 9.91 Å². The number of cyclic esters (lactones) is 1. The lowest BCUT2D eigenvalue weighted by Gasteiger charge is -2.37. The molecule has 0 saturated carbocycles. The molecule has 2 saturated heterocycles. The summed E-state index contributed by atoms with van der Waals surface area (Å²) in [6, 6.07) is 12.6. The number of hydrazine groups is 1. The third-order valence-electron chi connectivity index (χ3n) is 13.7. The summed E-state index contributed by atoms with van der Waals surface area (Å²) in [7, 11) is 6.92. The molecule has 5 heterocycles. The van der Waals surface area contributed by atoms with Crippen molar-refractivity contribution in [1.82, 2.24) is 40.0 Å². The number of amides is 4. The number of hydrogen-bond donors (Lipinski definition) is 3. The first-order valence-corrected chi connectivity index (χ1v) is 24.0. The average Bonchev–Trinajstić information content (AvgIpc) is 3.92. The summed E-state index contributed by atoms with van der Waals surface area (Å²) in [6.07, 6.45) is 3.46. The molecule has 7 rings (SSSR count). The molecular formula is C52H70N8O8. The van der Waals surface area contributed by atoms with Crippen molar-refractivity contribution >= 4 is 40.5 Å². The van der Waals surface area contributed by atoms with Crippen molar-refractivity contribution in [2.24, 2.45) is 17.3 Å². The molecule has 3 aliphatic rings. The number of ether oxygens (including phenoxy) is 2. The highest BCUT2D eigenvalue weighted by molar-refractivity contribution is 5.96. The van der Waals surface area contributed by atoms with E-state index in [1.807, 2.05) is 53.1 Å². The largest absolute Gasteiger partial charge is 0.508 e. The second-order valence-electron chi connectivity index (χ2n) is 20.2. The molecule has 6 bridgehead atoms. The predicted molar refractivity (Wildman–Crippen MR) is 260 cm³/mol. The van der Waals surface area contributed by atoms with Gasteiger partial charge in [0.1, 0.15) is 23.9 Å². The van der Waals surface area contributed by atoms with Gasteiger partial charge in [-0.2, -0.15) is 0 Å². The van der Waals surface area contributed by atoms with Crippen LogP contribution in [0, 0.1) is 17.3 Å². The van der Waals surface area contributed by atoms with Crippen LogP contribution in [-0.2, 0) is 52.8 Å². The van der Waals surface area contributed by atoms with E-state index in [0.717, 1.165) is 44.5 Å². The van der Waals surface area contributed by atoms with Crippen molar-refractivity contribution in [2.75, 3.05) is 61.0 Å². The van der Waals surface area contributed by atoms with E-state index in [9.17, 15) is 29.1 Å². The van der Waals surface area contributed by atoms with E-state index >= 15 is 0 Å². The highest BCUT2D eigenvalue weighted by Crippen LogP contribution is 2.42. The van der Waals surface area contributed by atoms with Crippen LogP contribution in [0.4, 0.5) is 0 Å². The fourth-order valence-electron chi connectivity index (χ4n) is 10.2. The first kappa shape index (κ1) is 50.0. The van der Waals surface area contributed by atoms with Gasteiger partial charge >= 0.3 is 5.97 Å². The number of phenolic OH excluding ortho intramolecular Hbond substituents is 1. The van der Waals surface area contributed by atoms with Gasteiger partial charge in [0.15, 0.2) is 0 Å². The molecule has 4 amide bonds. The fraction of sp³-hybridized carbons (Fsp3) is 0.538. The van der Waals surface area contributed by atoms with Crippen molar-refractivity contribution in [3.05, 3.63) is 71.5 Å². The summed E-state index contributed by atoms with van der Waals surface area (Å²) in [5, 5.41) is 16.8. The number of nitrogens with one attached hydrogen (secondary N) is 2. The Labute approximate surface area is 400 Å². The minimum Gasteiger partial charge on any atom is -0.508 e. The fourth-order valence-corrected chi connectivity index (χ4v) is 10.2. The molecule has 16 heteroatoms. The number of fused-ring (bicyclic) bond motifs is 6. The molecule has 68 heavy (non-hydrogen) atoms. The third kappa shape index (κ3) is 10.7. The quantitative estimate of drug-likeness (QED) is 0.165. The molecule has 0 unspecified atom stereocenters. The van der Waals surface area contributed by atoms with Gasteiger partial charge in [0.05, 0.1) is 36.6 Å². The number of phenols is 1. The number of methoxy groups -OCH3 is 1. The second kappa shape index (κ2) is 20.8. The van der Waals surface area contributed by atoms with Crippen LogP contribution in [0.25, 0.3) is 33.3 Å². The number of hydrogen-bond acceptors (Lipinski definition) is 11. The number of rotatable bonds is 11. The molecule has 2 aromatic carbocycles. The third-order valence-corrected chi connectivity index (χ3v) is 13.7. The van der Waals surface area contributed by atoms with Crippen LogP contribution in [0.5, 0.6) is 5.75 Å². The Kier molecular flexibility index (Phi) is 15.3. The summed E-state index contributed by atoms with van der Waals surface area (Å²) < 4.78 is 14.2. The zero-order valence-electron chi connectivity index (χ0n) is 41.4. The Morgan fingerprint density at radius 1 is 1.03 bits per heavy atom. The first-order valence-electron chi connectivity index (χ1n) is 24.0. The molecule has 0 radical (unpaired) electrons. The maximum absolute atomic E-state index is 14.8. The molecule has 3 aliphatic heterocycles. The van der Waals surface area contributed by atoms with Gasteiger partial charge in [0, 0.05) is 74.8 Å². The monoisotopic (exact) mass is 935 g/mol. The van der Waals surface area contributed by atoms with Crippen molar-refractivity contribution in [2.45, 2.75) is 104 Å². The molecule has 0 aliphatic carbocycles. The number of aryl methyl sites for hydroxylation is 1. The number of benzene rings is 2. The zero-order valence-corrected chi connectivity index (χ0v) is 41.4. The van der Waals surface area contributed by atoms with Gasteiger partial charge in [-0.05, 0) is 118 Å². The van der Waals surface area contributed by atoms with Gasteiger partial charge < -0.3 is 39.2 Å². The van der Waals surface area contributed by atoms with Crippen LogP contribution >= 0.6 is 0 Å². The van der Waals surface area contributed by atoms with Crippen LogP contribution in [0.15, 0.2) is 54.7 Å². The van der Waals surface area contributed by atoms with Crippen molar-refractivity contribution < 1.29 is 38.6 Å². The maximum atomic E-state index is 14.8.